The molecule has 0 aliphatic carbocycles. The summed E-state index contributed by atoms with van der Waals surface area (Å²) in [6, 6.07) is 3.58. The quantitative estimate of drug-likeness (QED) is 0.645. The predicted molar refractivity (Wildman–Crippen MR) is 73.6 cm³/mol. The van der Waals surface area contributed by atoms with Crippen molar-refractivity contribution in [2.75, 3.05) is 13.2 Å². The van der Waals surface area contributed by atoms with E-state index in [1.165, 1.54) is 12.1 Å². The van der Waals surface area contributed by atoms with Gasteiger partial charge in [-0.25, -0.2) is 9.18 Å². The Hall–Kier alpha value is -1.82. The molecule has 1 aromatic carbocycles. The number of benzene rings is 1. The molecule has 1 aliphatic rings. The molecule has 0 spiro atoms. The van der Waals surface area contributed by atoms with Crippen molar-refractivity contribution in [1.29, 1.82) is 0 Å². The number of halogens is 2. The monoisotopic (exact) mass is 315 g/mol. The van der Waals surface area contributed by atoms with Crippen LogP contribution in [-0.4, -0.2) is 31.1 Å². The Labute approximate surface area is 126 Å². The fraction of sp³-hybridized carbons (Fsp3) is 0.429. The topological polar surface area (TPSA) is 64.6 Å². The van der Waals surface area contributed by atoms with Crippen molar-refractivity contribution in [3.63, 3.8) is 0 Å². The predicted octanol–water partition coefficient (Wildman–Crippen LogP) is 2.07. The van der Waals surface area contributed by atoms with Crippen LogP contribution in [0.3, 0.4) is 0 Å². The van der Waals surface area contributed by atoms with Gasteiger partial charge in [0.2, 0.25) is 5.91 Å². The van der Waals surface area contributed by atoms with E-state index in [0.29, 0.717) is 24.5 Å². The zero-order valence-electron chi connectivity index (χ0n) is 11.2. The van der Waals surface area contributed by atoms with Gasteiger partial charge in [-0.05, 0) is 24.6 Å². The molecule has 114 valence electrons. The number of hydrogen-bond acceptors (Lipinski definition) is 4. The molecule has 0 saturated carbocycles. The molecule has 21 heavy (non-hydrogen) atoms. The van der Waals surface area contributed by atoms with E-state index in [9.17, 15) is 14.0 Å². The Bertz CT molecular complexity index is 538. The summed E-state index contributed by atoms with van der Waals surface area (Å²) in [4.78, 5) is 22.8. The van der Waals surface area contributed by atoms with Gasteiger partial charge in [-0.15, -0.1) is 0 Å². The minimum Gasteiger partial charge on any atom is -0.491 e. The van der Waals surface area contributed by atoms with Crippen LogP contribution in [0.5, 0.6) is 5.75 Å². The van der Waals surface area contributed by atoms with Gasteiger partial charge >= 0.3 is 5.97 Å². The average Bonchev–Trinajstić information content (AvgIpc) is 2.82. The molecule has 1 atom stereocenters. The summed E-state index contributed by atoms with van der Waals surface area (Å²) in [5, 5.41) is 2.88. The molecule has 0 radical (unpaired) electrons. The van der Waals surface area contributed by atoms with Gasteiger partial charge in [0.05, 0.1) is 13.2 Å². The molecule has 1 aromatic rings. The Balaban J connectivity index is 1.67. The zero-order valence-corrected chi connectivity index (χ0v) is 12.0. The third-order valence-electron chi connectivity index (χ3n) is 2.97. The fourth-order valence-electron chi connectivity index (χ4n) is 1.90. The molecule has 1 saturated heterocycles. The number of ether oxygens (including phenoxy) is 2. The minimum absolute atomic E-state index is 0.0965. The summed E-state index contributed by atoms with van der Waals surface area (Å²) in [6.45, 7) is 0.532. The average molecular weight is 316 g/mol. The third kappa shape index (κ3) is 4.60. The third-order valence-corrected chi connectivity index (χ3v) is 3.21. The fourth-order valence-corrected chi connectivity index (χ4v) is 2.06. The maximum Gasteiger partial charge on any atom is 0.328 e. The lowest BCUT2D eigenvalue weighted by molar-refractivity contribution is -0.141. The van der Waals surface area contributed by atoms with E-state index in [1.54, 1.807) is 0 Å². The van der Waals surface area contributed by atoms with Gasteiger partial charge in [0.15, 0.2) is 11.6 Å². The van der Waals surface area contributed by atoms with Gasteiger partial charge in [-0.2, -0.15) is 0 Å². The molecular formula is C14H15ClFNO4. The Morgan fingerprint density at radius 3 is 3.00 bits per heavy atom. The molecule has 2 rings (SSSR count). The van der Waals surface area contributed by atoms with Crippen molar-refractivity contribution in [2.45, 2.75) is 25.3 Å². The second-order valence-electron chi connectivity index (χ2n) is 4.60. The first-order chi connectivity index (χ1) is 10.1. The first-order valence-electron chi connectivity index (χ1n) is 6.60. The van der Waals surface area contributed by atoms with Gasteiger partial charge < -0.3 is 14.8 Å². The SMILES string of the molecule is O=C(CCCOc1ccc(Cl)cc1F)NC1CCOC1=O. The molecular weight excluding hydrogens is 301 g/mol. The molecule has 1 fully saturated rings. The van der Waals surface area contributed by atoms with Crippen LogP contribution in [0.2, 0.25) is 5.02 Å². The number of carbonyl (C=O) groups is 2. The van der Waals surface area contributed by atoms with Crippen molar-refractivity contribution < 1.29 is 23.5 Å². The molecule has 1 amide bonds. The zero-order chi connectivity index (χ0) is 15.2. The largest absolute Gasteiger partial charge is 0.491 e. The highest BCUT2D eigenvalue weighted by atomic mass is 35.5. The first kappa shape index (κ1) is 15.6. The highest BCUT2D eigenvalue weighted by Gasteiger charge is 2.27. The van der Waals surface area contributed by atoms with Crippen LogP contribution in [0.4, 0.5) is 4.39 Å². The van der Waals surface area contributed by atoms with E-state index in [1.807, 2.05) is 0 Å². The lowest BCUT2D eigenvalue weighted by Gasteiger charge is -2.09. The van der Waals surface area contributed by atoms with E-state index in [4.69, 9.17) is 21.1 Å². The number of cyclic esters (lactones) is 1. The lowest BCUT2D eigenvalue weighted by Crippen LogP contribution is -2.37. The summed E-state index contributed by atoms with van der Waals surface area (Å²) in [6.07, 6.45) is 1.10. The minimum atomic E-state index is -0.549. The van der Waals surface area contributed by atoms with E-state index in [0.717, 1.165) is 6.07 Å². The summed E-state index contributed by atoms with van der Waals surface area (Å²) in [7, 11) is 0. The molecule has 1 aliphatic heterocycles. The maximum atomic E-state index is 13.4. The van der Waals surface area contributed by atoms with E-state index < -0.39 is 17.8 Å². The second kappa shape index (κ2) is 7.26. The van der Waals surface area contributed by atoms with Gasteiger partial charge in [0.1, 0.15) is 6.04 Å². The summed E-state index contributed by atoms with van der Waals surface area (Å²) < 4.78 is 23.4. The maximum absolute atomic E-state index is 13.4. The van der Waals surface area contributed by atoms with Crippen molar-refractivity contribution in [1.82, 2.24) is 5.32 Å². The van der Waals surface area contributed by atoms with Gasteiger partial charge in [-0.1, -0.05) is 11.6 Å². The van der Waals surface area contributed by atoms with Crippen LogP contribution in [0.15, 0.2) is 18.2 Å². The van der Waals surface area contributed by atoms with Crippen LogP contribution in [0, 0.1) is 5.82 Å². The molecule has 1 N–H and O–H groups in total. The molecule has 1 heterocycles. The second-order valence-corrected chi connectivity index (χ2v) is 5.04. The number of rotatable bonds is 6. The van der Waals surface area contributed by atoms with Gasteiger partial charge in [-0.3, -0.25) is 4.79 Å². The van der Waals surface area contributed by atoms with Gasteiger partial charge in [0.25, 0.3) is 0 Å². The summed E-state index contributed by atoms with van der Waals surface area (Å²) in [5.74, 6) is -1.10. The van der Waals surface area contributed by atoms with Crippen molar-refractivity contribution in [3.8, 4) is 5.75 Å². The Morgan fingerprint density at radius 1 is 1.52 bits per heavy atom. The van der Waals surface area contributed by atoms with Crippen molar-refractivity contribution in [2.24, 2.45) is 0 Å². The van der Waals surface area contributed by atoms with Crippen LogP contribution < -0.4 is 10.1 Å². The number of esters is 1. The Morgan fingerprint density at radius 2 is 2.33 bits per heavy atom. The molecule has 7 heteroatoms. The van der Waals surface area contributed by atoms with Gasteiger partial charge in [0, 0.05) is 17.9 Å². The standard InChI is InChI=1S/C14H15ClFNO4/c15-9-3-4-12(10(16)8-9)20-6-1-2-13(18)17-11-5-7-21-14(11)19/h3-4,8,11H,1-2,5-7H2,(H,17,18). The Kier molecular flexibility index (Phi) is 5.38. The highest BCUT2D eigenvalue weighted by Crippen LogP contribution is 2.21. The number of hydrogen-bond donors (Lipinski definition) is 1. The summed E-state index contributed by atoms with van der Waals surface area (Å²) >= 11 is 5.63. The number of amides is 1. The lowest BCUT2D eigenvalue weighted by atomic mass is 10.2. The molecule has 5 nitrogen and oxygen atoms in total. The number of nitrogens with one attached hydrogen (secondary N) is 1. The van der Waals surface area contributed by atoms with Crippen LogP contribution in [0.1, 0.15) is 19.3 Å². The summed E-state index contributed by atoms with van der Waals surface area (Å²) in [5.41, 5.74) is 0. The smallest absolute Gasteiger partial charge is 0.328 e. The van der Waals surface area contributed by atoms with Crippen LogP contribution >= 0.6 is 11.6 Å². The van der Waals surface area contributed by atoms with Crippen LogP contribution in [0.25, 0.3) is 0 Å². The molecule has 0 bridgehead atoms. The normalized spacial score (nSPS) is 17.4. The van der Waals surface area contributed by atoms with E-state index in [2.05, 4.69) is 5.32 Å². The highest BCUT2D eigenvalue weighted by molar-refractivity contribution is 6.30. The van der Waals surface area contributed by atoms with E-state index in [-0.39, 0.29) is 24.7 Å². The van der Waals surface area contributed by atoms with Crippen LogP contribution in [-0.2, 0) is 14.3 Å². The van der Waals surface area contributed by atoms with Crippen molar-refractivity contribution >= 4 is 23.5 Å². The van der Waals surface area contributed by atoms with Crippen molar-refractivity contribution in [3.05, 3.63) is 29.0 Å². The molecule has 0 aromatic heterocycles. The first-order valence-corrected chi connectivity index (χ1v) is 6.98. The van der Waals surface area contributed by atoms with E-state index >= 15 is 0 Å². The molecule has 1 unspecified atom stereocenters. The number of carbonyl (C=O) groups excluding carboxylic acids is 2.